The molecule has 0 unspecified atom stereocenters. The molecule has 17 heavy (non-hydrogen) atoms. The van der Waals surface area contributed by atoms with Gasteiger partial charge in [0.05, 0.1) is 11.3 Å². The highest BCUT2D eigenvalue weighted by Crippen LogP contribution is 2.06. The largest absolute Gasteiger partial charge is 0.469 e. The molecule has 0 saturated heterocycles. The average Bonchev–Trinajstić information content (AvgIpc) is 2.68. The Balaban J connectivity index is 2.14. The van der Waals surface area contributed by atoms with Crippen molar-refractivity contribution in [3.05, 3.63) is 30.6 Å². The van der Waals surface area contributed by atoms with E-state index in [1.807, 2.05) is 25.5 Å². The maximum atomic E-state index is 10.7. The molecular weight excluding hydrogens is 236 g/mol. The van der Waals surface area contributed by atoms with Crippen LogP contribution in [-0.2, 0) is 11.2 Å². The van der Waals surface area contributed by atoms with E-state index in [-0.39, 0.29) is 11.8 Å². The van der Waals surface area contributed by atoms with Gasteiger partial charge in [-0.15, -0.1) is 0 Å². The highest BCUT2D eigenvalue weighted by molar-refractivity contribution is 7.80. The van der Waals surface area contributed by atoms with Crippen molar-refractivity contribution in [3.63, 3.8) is 0 Å². The van der Waals surface area contributed by atoms with Crippen LogP contribution in [-0.4, -0.2) is 17.4 Å². The van der Waals surface area contributed by atoms with Crippen LogP contribution in [0.25, 0.3) is 0 Å². The first-order valence-corrected chi connectivity index (χ1v) is 5.92. The van der Waals surface area contributed by atoms with Crippen LogP contribution in [0.1, 0.15) is 19.1 Å². The molecule has 1 heterocycles. The smallest absolute Gasteiger partial charge is 0.217 e. The van der Waals surface area contributed by atoms with E-state index in [1.54, 1.807) is 6.26 Å². The molecule has 0 bridgehead atoms. The Labute approximate surface area is 107 Å². The number of amides is 1. The summed E-state index contributed by atoms with van der Waals surface area (Å²) in [5.41, 5.74) is 5.10. The summed E-state index contributed by atoms with van der Waals surface area (Å²) in [5.74, 6) is 0.675. The van der Waals surface area contributed by atoms with Crippen molar-refractivity contribution >= 4 is 23.1 Å². The number of hydrogen-bond donors (Lipinski definition) is 2. The van der Waals surface area contributed by atoms with Gasteiger partial charge in [-0.05, 0) is 18.1 Å². The second kappa shape index (κ2) is 7.06. The summed E-state index contributed by atoms with van der Waals surface area (Å²) < 4.78 is 5.19. The van der Waals surface area contributed by atoms with Crippen molar-refractivity contribution in [2.24, 2.45) is 11.7 Å². The van der Waals surface area contributed by atoms with Gasteiger partial charge >= 0.3 is 0 Å². The molecule has 0 spiro atoms. The fraction of sp³-hybridized carbons (Fsp3) is 0.417. The lowest BCUT2D eigenvalue weighted by Crippen LogP contribution is -2.27. The molecular formula is C12H17N2O2S. The third-order valence-corrected chi connectivity index (χ3v) is 2.49. The van der Waals surface area contributed by atoms with Crippen LogP contribution < -0.4 is 11.1 Å². The van der Waals surface area contributed by atoms with Gasteiger partial charge in [-0.2, -0.15) is 0 Å². The second-order valence-electron chi connectivity index (χ2n) is 3.93. The minimum absolute atomic E-state index is 0.0658. The molecule has 1 aromatic heterocycles. The van der Waals surface area contributed by atoms with E-state index in [1.165, 1.54) is 0 Å². The molecule has 0 aliphatic carbocycles. The van der Waals surface area contributed by atoms with E-state index in [9.17, 15) is 4.79 Å². The van der Waals surface area contributed by atoms with Crippen LogP contribution >= 0.6 is 12.2 Å². The van der Waals surface area contributed by atoms with Gasteiger partial charge in [0.25, 0.3) is 0 Å². The van der Waals surface area contributed by atoms with Crippen LogP contribution in [0.2, 0.25) is 0 Å². The highest BCUT2D eigenvalue weighted by atomic mass is 32.1. The Bertz CT molecular complexity index is 363. The molecule has 1 rings (SSSR count). The average molecular weight is 253 g/mol. The van der Waals surface area contributed by atoms with Crippen molar-refractivity contribution in [1.29, 1.82) is 0 Å². The Morgan fingerprint density at radius 3 is 3.06 bits per heavy atom. The van der Waals surface area contributed by atoms with E-state index in [2.05, 4.69) is 5.32 Å². The topological polar surface area (TPSA) is 68.3 Å². The Morgan fingerprint density at radius 1 is 1.71 bits per heavy atom. The molecule has 5 heteroatoms. The molecule has 0 saturated carbocycles. The maximum absolute atomic E-state index is 10.7. The van der Waals surface area contributed by atoms with Gasteiger partial charge in [0.2, 0.25) is 5.91 Å². The van der Waals surface area contributed by atoms with Crippen LogP contribution in [0.5, 0.6) is 0 Å². The van der Waals surface area contributed by atoms with E-state index < -0.39 is 0 Å². The standard InChI is InChI=1S/C12H17N2O2S/c1-9(7-11(13)15)8-12(17)14-5-4-10-3-2-6-16-10/h2-3,6,8-9H,4-5,7H2,1H3,(H2,13,15)(H,14,17)/t9-/m1/s1. The number of nitrogens with one attached hydrogen (secondary N) is 1. The van der Waals surface area contributed by atoms with Gasteiger partial charge < -0.3 is 15.5 Å². The summed E-state index contributed by atoms with van der Waals surface area (Å²) in [5, 5.41) is 3.09. The van der Waals surface area contributed by atoms with E-state index in [4.69, 9.17) is 22.4 Å². The summed E-state index contributed by atoms with van der Waals surface area (Å²) in [6.45, 7) is 2.62. The van der Waals surface area contributed by atoms with Gasteiger partial charge in [0.15, 0.2) is 0 Å². The predicted octanol–water partition coefficient (Wildman–Crippen LogP) is 1.45. The first-order valence-electron chi connectivity index (χ1n) is 5.51. The second-order valence-corrected chi connectivity index (χ2v) is 4.37. The maximum Gasteiger partial charge on any atom is 0.217 e. The SMILES string of the molecule is C[C@@H]([CH]C(=S)NCCc1ccco1)CC(N)=O. The summed E-state index contributed by atoms with van der Waals surface area (Å²) in [6, 6.07) is 3.78. The van der Waals surface area contributed by atoms with Gasteiger partial charge in [-0.1, -0.05) is 19.1 Å². The molecule has 0 aliphatic rings. The molecule has 1 amide bonds. The lowest BCUT2D eigenvalue weighted by Gasteiger charge is -2.11. The summed E-state index contributed by atoms with van der Waals surface area (Å²) in [7, 11) is 0. The number of hydrogen-bond acceptors (Lipinski definition) is 3. The molecule has 93 valence electrons. The van der Waals surface area contributed by atoms with E-state index in [0.29, 0.717) is 18.0 Å². The molecule has 1 radical (unpaired) electrons. The molecule has 3 N–H and O–H groups in total. The van der Waals surface area contributed by atoms with Crippen molar-refractivity contribution in [1.82, 2.24) is 5.32 Å². The molecule has 0 aromatic carbocycles. The summed E-state index contributed by atoms with van der Waals surface area (Å²) in [6.07, 6.45) is 4.59. The third kappa shape index (κ3) is 6.06. The van der Waals surface area contributed by atoms with Crippen LogP contribution in [0.15, 0.2) is 22.8 Å². The zero-order valence-electron chi connectivity index (χ0n) is 9.81. The van der Waals surface area contributed by atoms with Crippen molar-refractivity contribution in [2.45, 2.75) is 19.8 Å². The molecule has 1 atom stereocenters. The lowest BCUT2D eigenvalue weighted by molar-refractivity contribution is -0.118. The summed E-state index contributed by atoms with van der Waals surface area (Å²) in [4.78, 5) is 11.3. The normalized spacial score (nSPS) is 12.1. The van der Waals surface area contributed by atoms with Gasteiger partial charge in [0, 0.05) is 25.8 Å². The monoisotopic (exact) mass is 253 g/mol. The van der Waals surface area contributed by atoms with Gasteiger partial charge in [-0.3, -0.25) is 4.79 Å². The Kier molecular flexibility index (Phi) is 5.69. The van der Waals surface area contributed by atoms with E-state index >= 15 is 0 Å². The third-order valence-electron chi connectivity index (χ3n) is 2.21. The zero-order valence-corrected chi connectivity index (χ0v) is 10.6. The van der Waals surface area contributed by atoms with Gasteiger partial charge in [-0.25, -0.2) is 0 Å². The van der Waals surface area contributed by atoms with Crippen molar-refractivity contribution in [3.8, 4) is 0 Å². The molecule has 0 fully saturated rings. The Hall–Kier alpha value is -1.36. The van der Waals surface area contributed by atoms with Crippen LogP contribution in [0.4, 0.5) is 0 Å². The number of carbonyl (C=O) groups is 1. The van der Waals surface area contributed by atoms with E-state index in [0.717, 1.165) is 12.2 Å². The highest BCUT2D eigenvalue weighted by Gasteiger charge is 2.09. The number of primary amides is 1. The van der Waals surface area contributed by atoms with Crippen LogP contribution in [0, 0.1) is 12.3 Å². The first kappa shape index (κ1) is 13.7. The predicted molar refractivity (Wildman–Crippen MR) is 70.3 cm³/mol. The number of thiocarbonyl (C=S) groups is 1. The fourth-order valence-corrected chi connectivity index (χ4v) is 1.79. The van der Waals surface area contributed by atoms with Crippen LogP contribution in [0.3, 0.4) is 0 Å². The Morgan fingerprint density at radius 2 is 2.47 bits per heavy atom. The van der Waals surface area contributed by atoms with Crippen molar-refractivity contribution in [2.75, 3.05) is 6.54 Å². The number of nitrogens with two attached hydrogens (primary N) is 1. The number of carbonyl (C=O) groups excluding carboxylic acids is 1. The molecule has 1 aromatic rings. The lowest BCUT2D eigenvalue weighted by atomic mass is 10.0. The molecule has 4 nitrogen and oxygen atoms in total. The first-order chi connectivity index (χ1) is 8.08. The summed E-state index contributed by atoms with van der Waals surface area (Å²) >= 11 is 5.13. The number of furan rings is 1. The fourth-order valence-electron chi connectivity index (χ4n) is 1.46. The zero-order chi connectivity index (χ0) is 12.7. The van der Waals surface area contributed by atoms with Gasteiger partial charge in [0.1, 0.15) is 5.76 Å². The number of rotatable bonds is 7. The quantitative estimate of drug-likeness (QED) is 0.722. The minimum atomic E-state index is -0.313. The molecule has 0 aliphatic heterocycles. The minimum Gasteiger partial charge on any atom is -0.469 e. The van der Waals surface area contributed by atoms with Crippen molar-refractivity contribution < 1.29 is 9.21 Å².